The molecule has 180 valence electrons. The van der Waals surface area contributed by atoms with E-state index in [1.165, 1.54) is 16.8 Å². The van der Waals surface area contributed by atoms with E-state index in [2.05, 4.69) is 86.9 Å². The van der Waals surface area contributed by atoms with Gasteiger partial charge in [-0.1, -0.05) is 42.5 Å². The Morgan fingerprint density at radius 3 is 2.33 bits per heavy atom. The van der Waals surface area contributed by atoms with Gasteiger partial charge < -0.3 is 20.3 Å². The van der Waals surface area contributed by atoms with Crippen LogP contribution in [0.3, 0.4) is 0 Å². The average Bonchev–Trinajstić information content (AvgIpc) is 3.28. The summed E-state index contributed by atoms with van der Waals surface area (Å²) >= 11 is 0. The summed E-state index contributed by atoms with van der Waals surface area (Å²) in [6.07, 6.45) is 2.23. The van der Waals surface area contributed by atoms with Crippen molar-refractivity contribution in [2.45, 2.75) is 38.5 Å². The quantitative estimate of drug-likeness (QED) is 0.305. The first-order valence-electron chi connectivity index (χ1n) is 11.8. The highest BCUT2D eigenvalue weighted by molar-refractivity contribution is 14.0. The Bertz CT molecular complexity index is 877. The van der Waals surface area contributed by atoms with Gasteiger partial charge in [-0.3, -0.25) is 9.89 Å². The molecule has 1 unspecified atom stereocenters. The van der Waals surface area contributed by atoms with Crippen LogP contribution in [0.2, 0.25) is 0 Å². The molecule has 7 heteroatoms. The van der Waals surface area contributed by atoms with Crippen molar-refractivity contribution in [2.24, 2.45) is 4.99 Å². The summed E-state index contributed by atoms with van der Waals surface area (Å²) in [5.74, 6) is 0.827. The van der Waals surface area contributed by atoms with E-state index in [1.807, 2.05) is 7.05 Å². The molecule has 0 aromatic heterocycles. The summed E-state index contributed by atoms with van der Waals surface area (Å²) in [5.41, 5.74) is 3.95. The molecule has 0 radical (unpaired) electrons. The van der Waals surface area contributed by atoms with Crippen LogP contribution < -0.4 is 15.5 Å². The van der Waals surface area contributed by atoms with Crippen molar-refractivity contribution in [3.05, 3.63) is 65.7 Å². The highest BCUT2D eigenvalue weighted by Crippen LogP contribution is 2.24. The molecule has 2 aromatic rings. The lowest BCUT2D eigenvalue weighted by molar-refractivity contribution is 0.0243. The number of piperazine rings is 1. The predicted molar refractivity (Wildman–Crippen MR) is 148 cm³/mol. The number of ether oxygens (including phenoxy) is 1. The number of benzene rings is 2. The fourth-order valence-electron chi connectivity index (χ4n) is 4.57. The van der Waals surface area contributed by atoms with Gasteiger partial charge >= 0.3 is 0 Å². The van der Waals surface area contributed by atoms with Crippen molar-refractivity contribution < 1.29 is 4.74 Å². The summed E-state index contributed by atoms with van der Waals surface area (Å²) in [5, 5.41) is 6.93. The molecule has 1 atom stereocenters. The molecule has 2 saturated heterocycles. The number of anilines is 1. The Labute approximate surface area is 215 Å². The molecule has 0 aliphatic carbocycles. The fraction of sp³-hybridized carbons (Fsp3) is 0.500. The first kappa shape index (κ1) is 25.8. The third kappa shape index (κ3) is 7.32. The molecule has 0 saturated carbocycles. The minimum atomic E-state index is -0.0859. The summed E-state index contributed by atoms with van der Waals surface area (Å²) in [6, 6.07) is 19.5. The topological polar surface area (TPSA) is 52.1 Å². The van der Waals surface area contributed by atoms with Crippen LogP contribution in [0.5, 0.6) is 0 Å². The van der Waals surface area contributed by atoms with Crippen molar-refractivity contribution in [1.29, 1.82) is 0 Å². The van der Waals surface area contributed by atoms with E-state index >= 15 is 0 Å². The van der Waals surface area contributed by atoms with E-state index in [0.29, 0.717) is 0 Å². The van der Waals surface area contributed by atoms with Gasteiger partial charge in [-0.25, -0.2) is 0 Å². The van der Waals surface area contributed by atoms with Crippen LogP contribution in [-0.4, -0.2) is 62.8 Å². The van der Waals surface area contributed by atoms with Gasteiger partial charge in [0.25, 0.3) is 0 Å². The zero-order chi connectivity index (χ0) is 22.2. The van der Waals surface area contributed by atoms with Gasteiger partial charge in [-0.05, 0) is 43.0 Å². The highest BCUT2D eigenvalue weighted by atomic mass is 127. The normalized spacial score (nSPS) is 21.5. The number of hydrogen-bond donors (Lipinski definition) is 2. The Morgan fingerprint density at radius 1 is 0.970 bits per heavy atom. The van der Waals surface area contributed by atoms with Crippen LogP contribution in [-0.2, 0) is 17.8 Å². The van der Waals surface area contributed by atoms with E-state index in [4.69, 9.17) is 4.74 Å². The molecular formula is C26H38IN5O. The average molecular weight is 564 g/mol. The van der Waals surface area contributed by atoms with Crippen LogP contribution in [0.15, 0.2) is 59.6 Å². The zero-order valence-electron chi connectivity index (χ0n) is 19.9. The largest absolute Gasteiger partial charge is 0.373 e. The van der Waals surface area contributed by atoms with E-state index in [9.17, 15) is 0 Å². The Kier molecular flexibility index (Phi) is 9.82. The van der Waals surface area contributed by atoms with E-state index in [-0.39, 0.29) is 29.6 Å². The van der Waals surface area contributed by atoms with Crippen molar-refractivity contribution in [3.63, 3.8) is 0 Å². The second kappa shape index (κ2) is 12.6. The highest BCUT2D eigenvalue weighted by Gasteiger charge is 2.29. The molecule has 2 aromatic carbocycles. The zero-order valence-corrected chi connectivity index (χ0v) is 22.3. The molecule has 2 aliphatic heterocycles. The van der Waals surface area contributed by atoms with Crippen LogP contribution in [0, 0.1) is 0 Å². The summed E-state index contributed by atoms with van der Waals surface area (Å²) in [6.45, 7) is 9.86. The number of nitrogens with one attached hydrogen (secondary N) is 2. The predicted octanol–water partition coefficient (Wildman–Crippen LogP) is 3.86. The SMILES string of the molecule is CN=C(NCc1ccccc1CN1CCN(c2ccccc2)CC1)NCC1(C)CCCO1.I. The van der Waals surface area contributed by atoms with E-state index < -0.39 is 0 Å². The number of nitrogens with zero attached hydrogens (tertiary/aromatic N) is 3. The third-order valence-corrected chi connectivity index (χ3v) is 6.61. The lowest BCUT2D eigenvalue weighted by Gasteiger charge is -2.36. The van der Waals surface area contributed by atoms with Gasteiger partial charge in [0.15, 0.2) is 5.96 Å². The smallest absolute Gasteiger partial charge is 0.191 e. The van der Waals surface area contributed by atoms with Crippen LogP contribution in [0.4, 0.5) is 5.69 Å². The number of aliphatic imine (C=N–C) groups is 1. The van der Waals surface area contributed by atoms with Crippen LogP contribution >= 0.6 is 24.0 Å². The van der Waals surface area contributed by atoms with Crippen molar-refractivity contribution in [2.75, 3.05) is 51.3 Å². The van der Waals surface area contributed by atoms with Crippen LogP contribution in [0.25, 0.3) is 0 Å². The lowest BCUT2D eigenvalue weighted by atomic mass is 10.0. The van der Waals surface area contributed by atoms with Gasteiger partial charge in [-0.15, -0.1) is 24.0 Å². The maximum absolute atomic E-state index is 5.88. The number of rotatable bonds is 7. The monoisotopic (exact) mass is 563 g/mol. The molecule has 0 amide bonds. The maximum Gasteiger partial charge on any atom is 0.191 e. The van der Waals surface area contributed by atoms with Crippen molar-refractivity contribution in [3.8, 4) is 0 Å². The molecule has 6 nitrogen and oxygen atoms in total. The summed E-state index contributed by atoms with van der Waals surface area (Å²) in [4.78, 5) is 9.44. The minimum Gasteiger partial charge on any atom is -0.373 e. The van der Waals surface area contributed by atoms with Gasteiger partial charge in [0, 0.05) is 65.2 Å². The van der Waals surface area contributed by atoms with Crippen LogP contribution in [0.1, 0.15) is 30.9 Å². The number of para-hydroxylation sites is 1. The fourth-order valence-corrected chi connectivity index (χ4v) is 4.57. The summed E-state index contributed by atoms with van der Waals surface area (Å²) < 4.78 is 5.88. The van der Waals surface area contributed by atoms with Gasteiger partial charge in [0.2, 0.25) is 0 Å². The molecule has 2 heterocycles. The second-order valence-electron chi connectivity index (χ2n) is 9.05. The lowest BCUT2D eigenvalue weighted by Crippen LogP contribution is -2.46. The molecule has 2 fully saturated rings. The molecule has 0 bridgehead atoms. The molecule has 0 spiro atoms. The molecule has 4 rings (SSSR count). The Morgan fingerprint density at radius 2 is 1.67 bits per heavy atom. The first-order valence-corrected chi connectivity index (χ1v) is 11.8. The molecule has 2 aliphatic rings. The Balaban J connectivity index is 0.00000306. The molecule has 33 heavy (non-hydrogen) atoms. The Hall–Kier alpha value is -1.84. The molecular weight excluding hydrogens is 525 g/mol. The molecule has 2 N–H and O–H groups in total. The minimum absolute atomic E-state index is 0. The summed E-state index contributed by atoms with van der Waals surface area (Å²) in [7, 11) is 1.82. The van der Waals surface area contributed by atoms with Gasteiger partial charge in [0.1, 0.15) is 0 Å². The van der Waals surface area contributed by atoms with E-state index in [0.717, 1.165) is 71.2 Å². The maximum atomic E-state index is 5.88. The van der Waals surface area contributed by atoms with E-state index in [1.54, 1.807) is 0 Å². The van der Waals surface area contributed by atoms with Gasteiger partial charge in [-0.2, -0.15) is 0 Å². The second-order valence-corrected chi connectivity index (χ2v) is 9.05. The standard InChI is InChI=1S/C26H37N5O.HI/c1-26(13-8-18-32-26)21-29-25(27-2)28-19-22-9-6-7-10-23(22)20-30-14-16-31(17-15-30)24-11-4-3-5-12-24;/h3-7,9-12H,8,13-21H2,1-2H3,(H2,27,28,29);1H. The van der Waals surface area contributed by atoms with Crippen molar-refractivity contribution in [1.82, 2.24) is 15.5 Å². The third-order valence-electron chi connectivity index (χ3n) is 6.61. The number of guanidine groups is 1. The first-order chi connectivity index (χ1) is 15.6. The van der Waals surface area contributed by atoms with Crippen molar-refractivity contribution >= 4 is 35.6 Å². The number of halogens is 1. The number of hydrogen-bond acceptors (Lipinski definition) is 4. The van der Waals surface area contributed by atoms with Gasteiger partial charge in [0.05, 0.1) is 5.60 Å².